The molecule has 1 aromatic carbocycles. The maximum atomic E-state index is 12.3. The molecule has 0 heterocycles. The van der Waals surface area contributed by atoms with Crippen molar-refractivity contribution in [1.82, 2.24) is 5.32 Å². The van der Waals surface area contributed by atoms with Crippen LogP contribution in [0.2, 0.25) is 0 Å². The van der Waals surface area contributed by atoms with E-state index in [-0.39, 0.29) is 17.7 Å². The number of carbonyl (C=O) groups excluding carboxylic acids is 1. The first-order valence-corrected chi connectivity index (χ1v) is 6.46. The van der Waals surface area contributed by atoms with Crippen molar-refractivity contribution in [2.45, 2.75) is 38.6 Å². The summed E-state index contributed by atoms with van der Waals surface area (Å²) in [5.74, 6) is -0.298. The summed E-state index contributed by atoms with van der Waals surface area (Å²) in [6, 6.07) is 9.16. The van der Waals surface area contributed by atoms with Crippen LogP contribution in [-0.2, 0) is 4.79 Å². The summed E-state index contributed by atoms with van der Waals surface area (Å²) in [5.41, 5.74) is 6.51. The molecular weight excluding hydrogens is 242 g/mol. The van der Waals surface area contributed by atoms with Gasteiger partial charge in [-0.25, -0.2) is 0 Å². The van der Waals surface area contributed by atoms with E-state index in [1.165, 1.54) is 0 Å². The fourth-order valence-corrected chi connectivity index (χ4v) is 1.98. The molecule has 0 bridgehead atoms. The smallest absolute Gasteiger partial charge is 0.228 e. The van der Waals surface area contributed by atoms with Gasteiger partial charge in [-0.15, -0.1) is 0 Å². The predicted octanol–water partition coefficient (Wildman–Crippen LogP) is 1.82. The number of hydrogen-bond donors (Lipinski definition) is 3. The molecule has 1 rings (SSSR count). The normalized spacial score (nSPS) is 14.7. The minimum Gasteiger partial charge on any atom is -0.409 e. The highest BCUT2D eigenvalue weighted by molar-refractivity contribution is 5.92. The van der Waals surface area contributed by atoms with E-state index in [0.717, 1.165) is 5.56 Å². The molecule has 0 fully saturated rings. The van der Waals surface area contributed by atoms with Crippen molar-refractivity contribution >= 4 is 11.7 Å². The first kappa shape index (κ1) is 15.0. The van der Waals surface area contributed by atoms with Gasteiger partial charge in [0.25, 0.3) is 0 Å². The monoisotopic (exact) mass is 263 g/mol. The molecule has 1 aromatic rings. The Hall–Kier alpha value is -2.04. The number of oxime groups is 1. The van der Waals surface area contributed by atoms with Crippen molar-refractivity contribution in [2.75, 3.05) is 0 Å². The number of nitrogens with one attached hydrogen (secondary N) is 1. The standard InChI is InChI=1S/C14H21N3O2/c1-3-11(10-8-6-5-7-9-10)14(18)16-12(4-2)13(15)17-19/h5-9,11-12,19H,3-4H2,1-2H3,(H2,15,17)(H,16,18). The second-order valence-electron chi connectivity index (χ2n) is 4.37. The summed E-state index contributed by atoms with van der Waals surface area (Å²) >= 11 is 0. The second kappa shape index (κ2) is 7.41. The summed E-state index contributed by atoms with van der Waals surface area (Å²) < 4.78 is 0. The third-order valence-corrected chi connectivity index (χ3v) is 3.12. The van der Waals surface area contributed by atoms with Crippen LogP contribution in [0.5, 0.6) is 0 Å². The molecule has 0 aliphatic heterocycles. The van der Waals surface area contributed by atoms with Crippen LogP contribution in [0.3, 0.4) is 0 Å². The number of carbonyl (C=O) groups is 1. The van der Waals surface area contributed by atoms with Crippen LogP contribution in [0, 0.1) is 0 Å². The molecule has 0 aliphatic carbocycles. The van der Waals surface area contributed by atoms with Gasteiger partial charge in [0, 0.05) is 0 Å². The highest BCUT2D eigenvalue weighted by atomic mass is 16.4. The molecule has 5 nitrogen and oxygen atoms in total. The maximum absolute atomic E-state index is 12.3. The van der Waals surface area contributed by atoms with E-state index >= 15 is 0 Å². The van der Waals surface area contributed by atoms with Crippen molar-refractivity contribution in [3.63, 3.8) is 0 Å². The quantitative estimate of drug-likeness (QED) is 0.316. The zero-order chi connectivity index (χ0) is 14.3. The number of nitrogens with zero attached hydrogens (tertiary/aromatic N) is 1. The third kappa shape index (κ3) is 3.98. The molecular formula is C14H21N3O2. The van der Waals surface area contributed by atoms with E-state index in [1.807, 2.05) is 44.2 Å². The van der Waals surface area contributed by atoms with Gasteiger partial charge < -0.3 is 16.3 Å². The van der Waals surface area contributed by atoms with Gasteiger partial charge in [-0.05, 0) is 18.4 Å². The lowest BCUT2D eigenvalue weighted by Gasteiger charge is -2.20. The van der Waals surface area contributed by atoms with E-state index < -0.39 is 6.04 Å². The minimum absolute atomic E-state index is 0.0266. The molecule has 2 atom stereocenters. The lowest BCUT2D eigenvalue weighted by atomic mass is 9.95. The Kier molecular flexibility index (Phi) is 5.85. The van der Waals surface area contributed by atoms with Crippen LogP contribution in [0.25, 0.3) is 0 Å². The highest BCUT2D eigenvalue weighted by Gasteiger charge is 2.22. The number of amides is 1. The van der Waals surface area contributed by atoms with Gasteiger partial charge in [0.05, 0.1) is 12.0 Å². The molecule has 0 spiro atoms. The van der Waals surface area contributed by atoms with Gasteiger partial charge in [0.15, 0.2) is 5.84 Å². The fourth-order valence-electron chi connectivity index (χ4n) is 1.98. The SMILES string of the molecule is CCC(NC(=O)C(CC)c1ccccc1)/C(N)=N/O. The number of hydrogen-bond acceptors (Lipinski definition) is 3. The number of benzene rings is 1. The molecule has 1 amide bonds. The van der Waals surface area contributed by atoms with Crippen molar-refractivity contribution in [2.24, 2.45) is 10.9 Å². The average molecular weight is 263 g/mol. The minimum atomic E-state index is -0.435. The van der Waals surface area contributed by atoms with Crippen LogP contribution >= 0.6 is 0 Å². The van der Waals surface area contributed by atoms with Crippen LogP contribution < -0.4 is 11.1 Å². The number of rotatable bonds is 6. The Balaban J connectivity index is 2.80. The lowest BCUT2D eigenvalue weighted by molar-refractivity contribution is -0.123. The second-order valence-corrected chi connectivity index (χ2v) is 4.37. The van der Waals surface area contributed by atoms with Gasteiger partial charge >= 0.3 is 0 Å². The molecule has 0 saturated heterocycles. The summed E-state index contributed by atoms with van der Waals surface area (Å²) in [7, 11) is 0. The third-order valence-electron chi connectivity index (χ3n) is 3.12. The molecule has 19 heavy (non-hydrogen) atoms. The lowest BCUT2D eigenvalue weighted by Crippen LogP contribution is -2.45. The largest absolute Gasteiger partial charge is 0.409 e. The van der Waals surface area contributed by atoms with Crippen molar-refractivity contribution in [3.8, 4) is 0 Å². The predicted molar refractivity (Wildman–Crippen MR) is 75.1 cm³/mol. The van der Waals surface area contributed by atoms with Crippen molar-refractivity contribution in [3.05, 3.63) is 35.9 Å². The number of amidine groups is 1. The molecule has 4 N–H and O–H groups in total. The first-order chi connectivity index (χ1) is 9.13. The Morgan fingerprint density at radius 2 is 1.95 bits per heavy atom. The maximum Gasteiger partial charge on any atom is 0.228 e. The van der Waals surface area contributed by atoms with Crippen LogP contribution in [0.15, 0.2) is 35.5 Å². The summed E-state index contributed by atoms with van der Waals surface area (Å²) in [5, 5.41) is 14.4. The van der Waals surface area contributed by atoms with Gasteiger partial charge in [-0.3, -0.25) is 4.79 Å². The molecule has 0 radical (unpaired) electrons. The Bertz CT molecular complexity index is 432. The molecule has 0 saturated carbocycles. The summed E-state index contributed by atoms with van der Waals surface area (Å²) in [4.78, 5) is 12.3. The Morgan fingerprint density at radius 3 is 2.42 bits per heavy atom. The Morgan fingerprint density at radius 1 is 1.32 bits per heavy atom. The van der Waals surface area contributed by atoms with Gasteiger partial charge in [0.1, 0.15) is 0 Å². The van der Waals surface area contributed by atoms with Gasteiger partial charge in [0.2, 0.25) is 5.91 Å². The van der Waals surface area contributed by atoms with Crippen LogP contribution in [0.1, 0.15) is 38.2 Å². The molecule has 0 aliphatic rings. The van der Waals surface area contributed by atoms with Crippen molar-refractivity contribution in [1.29, 1.82) is 0 Å². The average Bonchev–Trinajstić information content (AvgIpc) is 2.45. The topological polar surface area (TPSA) is 87.7 Å². The van der Waals surface area contributed by atoms with E-state index in [1.54, 1.807) is 0 Å². The van der Waals surface area contributed by atoms with Crippen molar-refractivity contribution < 1.29 is 10.0 Å². The Labute approximate surface area is 113 Å². The van der Waals surface area contributed by atoms with E-state index in [4.69, 9.17) is 10.9 Å². The molecule has 2 unspecified atom stereocenters. The first-order valence-electron chi connectivity index (χ1n) is 6.46. The van der Waals surface area contributed by atoms with Gasteiger partial charge in [-0.2, -0.15) is 0 Å². The van der Waals surface area contributed by atoms with Crippen LogP contribution in [0.4, 0.5) is 0 Å². The van der Waals surface area contributed by atoms with E-state index in [9.17, 15) is 4.79 Å². The van der Waals surface area contributed by atoms with Crippen LogP contribution in [-0.4, -0.2) is 23.0 Å². The molecule has 104 valence electrons. The zero-order valence-electron chi connectivity index (χ0n) is 11.3. The van der Waals surface area contributed by atoms with E-state index in [2.05, 4.69) is 10.5 Å². The summed E-state index contributed by atoms with van der Waals surface area (Å²) in [6.07, 6.45) is 1.27. The van der Waals surface area contributed by atoms with E-state index in [0.29, 0.717) is 12.8 Å². The number of nitrogens with two attached hydrogens (primary N) is 1. The van der Waals surface area contributed by atoms with Gasteiger partial charge in [-0.1, -0.05) is 49.3 Å². The summed E-state index contributed by atoms with van der Waals surface area (Å²) in [6.45, 7) is 3.83. The zero-order valence-corrected chi connectivity index (χ0v) is 11.3. The fraction of sp³-hybridized carbons (Fsp3) is 0.429. The molecule has 5 heteroatoms. The highest BCUT2D eigenvalue weighted by Crippen LogP contribution is 2.19. The molecule has 0 aromatic heterocycles.